The van der Waals surface area contributed by atoms with Crippen molar-refractivity contribution >= 4 is 21.8 Å². The molecule has 0 aliphatic rings. The molecule has 0 saturated heterocycles. The van der Waals surface area contributed by atoms with Crippen LogP contribution in [0.3, 0.4) is 0 Å². The standard InChI is InChI=1S/C16H27BrN2O/c1-5-7-8-13(6-2)10-18-16(20)15-9-14(17)11-19(15)12(3)4/h9,11-13H,5-8,10H2,1-4H3,(H,18,20). The van der Waals surface area contributed by atoms with Crippen molar-refractivity contribution in [3.63, 3.8) is 0 Å². The average Bonchev–Trinajstić information content (AvgIpc) is 2.81. The van der Waals surface area contributed by atoms with E-state index in [1.165, 1.54) is 19.3 Å². The predicted octanol–water partition coefficient (Wildman–Crippen LogP) is 4.78. The molecule has 0 aromatic carbocycles. The first-order chi connectivity index (χ1) is 9.49. The molecule has 20 heavy (non-hydrogen) atoms. The zero-order valence-corrected chi connectivity index (χ0v) is 14.7. The van der Waals surface area contributed by atoms with Gasteiger partial charge in [-0.15, -0.1) is 0 Å². The number of aromatic nitrogens is 1. The quantitative estimate of drug-likeness (QED) is 0.724. The lowest BCUT2D eigenvalue weighted by molar-refractivity contribution is 0.0935. The second kappa shape index (κ2) is 8.50. The number of nitrogens with one attached hydrogen (secondary N) is 1. The Balaban J connectivity index is 2.62. The van der Waals surface area contributed by atoms with Crippen LogP contribution in [-0.2, 0) is 0 Å². The molecule has 0 bridgehead atoms. The number of amides is 1. The zero-order chi connectivity index (χ0) is 15.1. The number of hydrogen-bond donors (Lipinski definition) is 1. The van der Waals surface area contributed by atoms with E-state index in [0.29, 0.717) is 5.92 Å². The van der Waals surface area contributed by atoms with E-state index in [2.05, 4.69) is 48.9 Å². The predicted molar refractivity (Wildman–Crippen MR) is 88.2 cm³/mol. The minimum absolute atomic E-state index is 0.0272. The first-order valence-electron chi connectivity index (χ1n) is 7.65. The summed E-state index contributed by atoms with van der Waals surface area (Å²) in [6.45, 7) is 9.34. The van der Waals surface area contributed by atoms with E-state index in [9.17, 15) is 4.79 Å². The van der Waals surface area contributed by atoms with Gasteiger partial charge in [0.25, 0.3) is 5.91 Å². The summed E-state index contributed by atoms with van der Waals surface area (Å²) in [4.78, 5) is 12.3. The van der Waals surface area contributed by atoms with Gasteiger partial charge in [-0.1, -0.05) is 33.1 Å². The van der Waals surface area contributed by atoms with Crippen LogP contribution in [0.15, 0.2) is 16.7 Å². The Kier molecular flexibility index (Phi) is 7.35. The fourth-order valence-corrected chi connectivity index (χ4v) is 2.76. The van der Waals surface area contributed by atoms with Crippen LogP contribution < -0.4 is 5.32 Å². The third-order valence-corrected chi connectivity index (χ3v) is 4.13. The van der Waals surface area contributed by atoms with Crippen LogP contribution in [0.5, 0.6) is 0 Å². The lowest BCUT2D eigenvalue weighted by Crippen LogP contribution is -2.31. The minimum Gasteiger partial charge on any atom is -0.350 e. The summed E-state index contributed by atoms with van der Waals surface area (Å²) >= 11 is 3.45. The highest BCUT2D eigenvalue weighted by atomic mass is 79.9. The van der Waals surface area contributed by atoms with E-state index in [0.717, 1.165) is 23.1 Å². The summed E-state index contributed by atoms with van der Waals surface area (Å²) in [5.41, 5.74) is 0.734. The fraction of sp³-hybridized carbons (Fsp3) is 0.688. The molecule has 1 aromatic rings. The molecule has 1 atom stereocenters. The molecular weight excluding hydrogens is 316 g/mol. The van der Waals surface area contributed by atoms with Crippen molar-refractivity contribution in [2.24, 2.45) is 5.92 Å². The molecule has 4 heteroatoms. The van der Waals surface area contributed by atoms with Crippen molar-refractivity contribution in [2.75, 3.05) is 6.54 Å². The second-order valence-electron chi connectivity index (χ2n) is 5.67. The van der Waals surface area contributed by atoms with Crippen LogP contribution in [0.25, 0.3) is 0 Å². The highest BCUT2D eigenvalue weighted by Gasteiger charge is 2.16. The summed E-state index contributed by atoms with van der Waals surface area (Å²) < 4.78 is 2.96. The molecule has 1 rings (SSSR count). The van der Waals surface area contributed by atoms with E-state index in [1.54, 1.807) is 0 Å². The minimum atomic E-state index is 0.0272. The van der Waals surface area contributed by atoms with Crippen LogP contribution in [-0.4, -0.2) is 17.0 Å². The van der Waals surface area contributed by atoms with E-state index >= 15 is 0 Å². The van der Waals surface area contributed by atoms with Crippen LogP contribution >= 0.6 is 15.9 Å². The van der Waals surface area contributed by atoms with Gasteiger partial charge >= 0.3 is 0 Å². The molecule has 1 heterocycles. The molecule has 1 unspecified atom stereocenters. The van der Waals surface area contributed by atoms with Gasteiger partial charge in [0.1, 0.15) is 5.69 Å². The van der Waals surface area contributed by atoms with Gasteiger partial charge in [-0.05, 0) is 48.2 Å². The Morgan fingerprint density at radius 2 is 2.10 bits per heavy atom. The highest BCUT2D eigenvalue weighted by molar-refractivity contribution is 9.10. The molecule has 0 saturated carbocycles. The van der Waals surface area contributed by atoms with E-state index in [4.69, 9.17) is 0 Å². The van der Waals surface area contributed by atoms with Crippen LogP contribution in [0.2, 0.25) is 0 Å². The van der Waals surface area contributed by atoms with Gasteiger partial charge in [-0.2, -0.15) is 0 Å². The largest absolute Gasteiger partial charge is 0.350 e. The first-order valence-corrected chi connectivity index (χ1v) is 8.44. The Morgan fingerprint density at radius 3 is 2.65 bits per heavy atom. The van der Waals surface area contributed by atoms with Gasteiger partial charge < -0.3 is 9.88 Å². The SMILES string of the molecule is CCCCC(CC)CNC(=O)c1cc(Br)cn1C(C)C. The maximum absolute atomic E-state index is 12.3. The first kappa shape index (κ1) is 17.3. The number of carbonyl (C=O) groups is 1. The Morgan fingerprint density at radius 1 is 1.40 bits per heavy atom. The maximum atomic E-state index is 12.3. The summed E-state index contributed by atoms with van der Waals surface area (Å²) in [7, 11) is 0. The average molecular weight is 343 g/mol. The summed E-state index contributed by atoms with van der Waals surface area (Å²) in [5, 5.41) is 3.09. The van der Waals surface area contributed by atoms with E-state index in [-0.39, 0.29) is 11.9 Å². The van der Waals surface area contributed by atoms with Crippen molar-refractivity contribution in [1.82, 2.24) is 9.88 Å². The molecule has 3 nitrogen and oxygen atoms in total. The normalized spacial score (nSPS) is 12.7. The molecule has 0 aliphatic heterocycles. The Labute approximate surface area is 131 Å². The van der Waals surface area contributed by atoms with E-state index in [1.807, 2.05) is 16.8 Å². The lowest BCUT2D eigenvalue weighted by Gasteiger charge is -2.17. The molecule has 0 aliphatic carbocycles. The van der Waals surface area contributed by atoms with Gasteiger partial charge in [-0.3, -0.25) is 4.79 Å². The molecule has 0 radical (unpaired) electrons. The maximum Gasteiger partial charge on any atom is 0.267 e. The molecule has 114 valence electrons. The molecular formula is C16H27BrN2O. The van der Waals surface area contributed by atoms with Crippen molar-refractivity contribution in [1.29, 1.82) is 0 Å². The topological polar surface area (TPSA) is 34.0 Å². The molecule has 1 aromatic heterocycles. The molecule has 1 N–H and O–H groups in total. The summed E-state index contributed by atoms with van der Waals surface area (Å²) in [6.07, 6.45) is 6.74. The van der Waals surface area contributed by atoms with Gasteiger partial charge in [0.15, 0.2) is 0 Å². The third-order valence-electron chi connectivity index (χ3n) is 3.70. The zero-order valence-electron chi connectivity index (χ0n) is 13.1. The van der Waals surface area contributed by atoms with Crippen molar-refractivity contribution < 1.29 is 4.79 Å². The number of carbonyl (C=O) groups excluding carboxylic acids is 1. The third kappa shape index (κ3) is 4.97. The van der Waals surface area contributed by atoms with Gasteiger partial charge in [0, 0.05) is 23.3 Å². The second-order valence-corrected chi connectivity index (χ2v) is 6.59. The molecule has 0 spiro atoms. The number of nitrogens with zero attached hydrogens (tertiary/aromatic N) is 1. The van der Waals surface area contributed by atoms with Crippen molar-refractivity contribution in [3.05, 3.63) is 22.4 Å². The fourth-order valence-electron chi connectivity index (χ4n) is 2.33. The van der Waals surface area contributed by atoms with Gasteiger partial charge in [0.05, 0.1) is 0 Å². The van der Waals surface area contributed by atoms with Gasteiger partial charge in [-0.25, -0.2) is 0 Å². The van der Waals surface area contributed by atoms with Crippen LogP contribution in [0.4, 0.5) is 0 Å². The van der Waals surface area contributed by atoms with Crippen LogP contribution in [0.1, 0.15) is 69.9 Å². The van der Waals surface area contributed by atoms with Crippen LogP contribution in [0, 0.1) is 5.92 Å². The van der Waals surface area contributed by atoms with Crippen molar-refractivity contribution in [2.45, 2.75) is 59.4 Å². The molecule has 0 fully saturated rings. The monoisotopic (exact) mass is 342 g/mol. The van der Waals surface area contributed by atoms with Gasteiger partial charge in [0.2, 0.25) is 0 Å². The van der Waals surface area contributed by atoms with Crippen molar-refractivity contribution in [3.8, 4) is 0 Å². The Bertz CT molecular complexity index is 426. The summed E-state index contributed by atoms with van der Waals surface area (Å²) in [6, 6.07) is 2.17. The smallest absolute Gasteiger partial charge is 0.267 e. The highest BCUT2D eigenvalue weighted by Crippen LogP contribution is 2.19. The number of hydrogen-bond acceptors (Lipinski definition) is 1. The number of unbranched alkanes of at least 4 members (excludes halogenated alkanes) is 1. The Hall–Kier alpha value is -0.770. The number of rotatable bonds is 8. The number of halogens is 1. The molecule has 1 amide bonds. The van der Waals surface area contributed by atoms with E-state index < -0.39 is 0 Å². The lowest BCUT2D eigenvalue weighted by atomic mass is 9.99. The summed E-state index contributed by atoms with van der Waals surface area (Å²) in [5.74, 6) is 0.615.